The van der Waals surface area contributed by atoms with Crippen molar-refractivity contribution in [2.45, 2.75) is 6.42 Å². The van der Waals surface area contributed by atoms with Gasteiger partial charge in [-0.05, 0) is 61.3 Å². The molecule has 1 aliphatic heterocycles. The second-order valence-electron chi connectivity index (χ2n) is 8.24. The SMILES string of the molecule is [C-]#[N+]c1ccc(-c2nc(NC[C@H]3CCNC3)nc3ccc(-c4c(F)cccc4F)cc23)cc1F. The van der Waals surface area contributed by atoms with E-state index in [1.54, 1.807) is 24.3 Å². The third kappa shape index (κ3) is 4.18. The van der Waals surface area contributed by atoms with Gasteiger partial charge in [-0.15, -0.1) is 0 Å². The lowest BCUT2D eigenvalue weighted by molar-refractivity contribution is 0.589. The number of anilines is 1. The maximum absolute atomic E-state index is 14.5. The molecule has 0 bridgehead atoms. The summed E-state index contributed by atoms with van der Waals surface area (Å²) in [6.07, 6.45) is 1.05. The summed E-state index contributed by atoms with van der Waals surface area (Å²) in [6, 6.07) is 12.8. The summed E-state index contributed by atoms with van der Waals surface area (Å²) >= 11 is 0. The third-order valence-electron chi connectivity index (χ3n) is 6.00. The fourth-order valence-electron chi connectivity index (χ4n) is 4.23. The van der Waals surface area contributed by atoms with Crippen LogP contribution in [0, 0.1) is 29.9 Å². The van der Waals surface area contributed by atoms with Crippen LogP contribution in [-0.4, -0.2) is 29.6 Å². The molecule has 4 aromatic rings. The Morgan fingerprint density at radius 1 is 0.971 bits per heavy atom. The molecule has 0 saturated carbocycles. The molecule has 0 radical (unpaired) electrons. The van der Waals surface area contributed by atoms with Crippen LogP contribution in [0.3, 0.4) is 0 Å². The van der Waals surface area contributed by atoms with Crippen molar-refractivity contribution < 1.29 is 13.2 Å². The van der Waals surface area contributed by atoms with Crippen molar-refractivity contribution >= 4 is 22.5 Å². The Balaban J connectivity index is 1.65. The molecule has 5 rings (SSSR count). The van der Waals surface area contributed by atoms with Gasteiger partial charge in [-0.1, -0.05) is 24.3 Å². The van der Waals surface area contributed by atoms with Gasteiger partial charge in [-0.2, -0.15) is 0 Å². The molecule has 2 heterocycles. The third-order valence-corrected chi connectivity index (χ3v) is 6.00. The molecule has 1 fully saturated rings. The average Bonchev–Trinajstić information content (AvgIpc) is 3.36. The molecule has 3 aromatic carbocycles. The lowest BCUT2D eigenvalue weighted by atomic mass is 9.99. The molecular weight excluding hydrogens is 439 g/mol. The van der Waals surface area contributed by atoms with E-state index in [1.165, 1.54) is 30.3 Å². The first-order valence-electron chi connectivity index (χ1n) is 10.9. The van der Waals surface area contributed by atoms with Crippen molar-refractivity contribution in [2.24, 2.45) is 5.92 Å². The number of halogens is 3. The van der Waals surface area contributed by atoms with Gasteiger partial charge in [-0.3, -0.25) is 0 Å². The maximum Gasteiger partial charge on any atom is 0.223 e. The molecular formula is C26H20F3N5. The minimum absolute atomic E-state index is 0.0942. The highest BCUT2D eigenvalue weighted by molar-refractivity contribution is 5.96. The van der Waals surface area contributed by atoms with Crippen molar-refractivity contribution in [3.63, 3.8) is 0 Å². The van der Waals surface area contributed by atoms with E-state index < -0.39 is 17.5 Å². The Bertz CT molecular complexity index is 1400. The van der Waals surface area contributed by atoms with E-state index in [1.807, 2.05) is 0 Å². The van der Waals surface area contributed by atoms with E-state index in [2.05, 4.69) is 25.4 Å². The van der Waals surface area contributed by atoms with E-state index in [-0.39, 0.29) is 11.3 Å². The molecule has 1 aliphatic rings. The number of nitrogens with one attached hydrogen (secondary N) is 2. The monoisotopic (exact) mass is 459 g/mol. The number of aromatic nitrogens is 2. The smallest absolute Gasteiger partial charge is 0.223 e. The molecule has 0 unspecified atom stereocenters. The van der Waals surface area contributed by atoms with Gasteiger partial charge in [0.25, 0.3) is 0 Å². The molecule has 1 atom stereocenters. The predicted molar refractivity (Wildman–Crippen MR) is 126 cm³/mol. The van der Waals surface area contributed by atoms with E-state index >= 15 is 0 Å². The van der Waals surface area contributed by atoms with Crippen molar-refractivity contribution in [3.05, 3.63) is 83.5 Å². The minimum atomic E-state index is -0.683. The highest BCUT2D eigenvalue weighted by atomic mass is 19.1. The van der Waals surface area contributed by atoms with Gasteiger partial charge in [0, 0.05) is 17.5 Å². The lowest BCUT2D eigenvalue weighted by Gasteiger charge is -2.14. The topological polar surface area (TPSA) is 54.2 Å². The van der Waals surface area contributed by atoms with Crippen molar-refractivity contribution in [2.75, 3.05) is 25.0 Å². The van der Waals surface area contributed by atoms with Gasteiger partial charge in [0.2, 0.25) is 11.6 Å². The summed E-state index contributed by atoms with van der Waals surface area (Å²) < 4.78 is 43.3. The van der Waals surface area contributed by atoms with Crippen LogP contribution in [-0.2, 0) is 0 Å². The van der Waals surface area contributed by atoms with Gasteiger partial charge >= 0.3 is 0 Å². The molecule has 0 aliphatic carbocycles. The maximum atomic E-state index is 14.5. The molecule has 2 N–H and O–H groups in total. The number of fused-ring (bicyclic) bond motifs is 1. The summed E-state index contributed by atoms with van der Waals surface area (Å²) in [7, 11) is 0. The van der Waals surface area contributed by atoms with Crippen LogP contribution in [0.15, 0.2) is 54.6 Å². The standard InChI is InChI=1S/C26H20F3N5/c1-30-23-8-6-17(12-21(23)29)25-18-11-16(24-19(27)3-2-4-20(24)28)5-7-22(18)33-26(34-25)32-14-15-9-10-31-13-15/h2-8,11-12,15,31H,9-10,13-14H2,(H,32,33,34)/t15-/m0/s1. The molecule has 1 saturated heterocycles. The van der Waals surface area contributed by atoms with Gasteiger partial charge < -0.3 is 10.6 Å². The van der Waals surface area contributed by atoms with Crippen LogP contribution in [0.4, 0.5) is 24.8 Å². The number of hydrogen-bond acceptors (Lipinski definition) is 4. The Morgan fingerprint density at radius 2 is 1.76 bits per heavy atom. The van der Waals surface area contributed by atoms with Crippen LogP contribution < -0.4 is 10.6 Å². The summed E-state index contributed by atoms with van der Waals surface area (Å²) in [5, 5.41) is 7.10. The van der Waals surface area contributed by atoms with E-state index in [4.69, 9.17) is 6.57 Å². The zero-order valence-electron chi connectivity index (χ0n) is 18.1. The van der Waals surface area contributed by atoms with Crippen LogP contribution in [0.5, 0.6) is 0 Å². The molecule has 1 aromatic heterocycles. The second-order valence-corrected chi connectivity index (χ2v) is 8.24. The van der Waals surface area contributed by atoms with Gasteiger partial charge in [0.15, 0.2) is 0 Å². The molecule has 8 heteroatoms. The zero-order chi connectivity index (χ0) is 23.7. The summed E-state index contributed by atoms with van der Waals surface area (Å²) in [5.41, 5.74) is 1.47. The quantitative estimate of drug-likeness (QED) is 0.362. The fourth-order valence-corrected chi connectivity index (χ4v) is 4.23. The highest BCUT2D eigenvalue weighted by Gasteiger charge is 2.18. The summed E-state index contributed by atoms with van der Waals surface area (Å²) in [5.74, 6) is -1.20. The van der Waals surface area contributed by atoms with Crippen molar-refractivity contribution in [1.29, 1.82) is 0 Å². The highest BCUT2D eigenvalue weighted by Crippen LogP contribution is 2.34. The Kier molecular flexibility index (Phi) is 5.86. The van der Waals surface area contributed by atoms with Crippen LogP contribution in [0.2, 0.25) is 0 Å². The number of hydrogen-bond donors (Lipinski definition) is 2. The van der Waals surface area contributed by atoms with E-state index in [0.29, 0.717) is 46.1 Å². The van der Waals surface area contributed by atoms with Gasteiger partial charge in [-0.25, -0.2) is 28.0 Å². The first kappa shape index (κ1) is 21.9. The Labute approximate surface area is 194 Å². The predicted octanol–water partition coefficient (Wildman–Crippen LogP) is 5.95. The average molecular weight is 459 g/mol. The van der Waals surface area contributed by atoms with Crippen LogP contribution in [0.1, 0.15) is 6.42 Å². The zero-order valence-corrected chi connectivity index (χ0v) is 18.1. The summed E-state index contributed by atoms with van der Waals surface area (Å²) in [4.78, 5) is 12.4. The number of rotatable bonds is 5. The lowest BCUT2D eigenvalue weighted by Crippen LogP contribution is -2.18. The molecule has 170 valence electrons. The largest absolute Gasteiger partial charge is 0.354 e. The van der Waals surface area contributed by atoms with Crippen LogP contribution >= 0.6 is 0 Å². The van der Waals surface area contributed by atoms with Crippen molar-refractivity contribution in [3.8, 4) is 22.4 Å². The number of nitrogens with zero attached hydrogens (tertiary/aromatic N) is 3. The van der Waals surface area contributed by atoms with Gasteiger partial charge in [0.1, 0.15) is 17.5 Å². The first-order chi connectivity index (χ1) is 16.5. The van der Waals surface area contributed by atoms with Crippen LogP contribution in [0.25, 0.3) is 38.1 Å². The van der Waals surface area contributed by atoms with Gasteiger partial charge in [0.05, 0.1) is 23.3 Å². The Hall–Kier alpha value is -3.96. The summed E-state index contributed by atoms with van der Waals surface area (Å²) in [6.45, 7) is 9.66. The fraction of sp³-hybridized carbons (Fsp3) is 0.192. The van der Waals surface area contributed by atoms with Crippen molar-refractivity contribution in [1.82, 2.24) is 15.3 Å². The second kappa shape index (κ2) is 9.12. The molecule has 0 spiro atoms. The minimum Gasteiger partial charge on any atom is -0.354 e. The molecule has 0 amide bonds. The first-order valence-corrected chi connectivity index (χ1v) is 10.9. The number of benzene rings is 3. The van der Waals surface area contributed by atoms with E-state index in [0.717, 1.165) is 19.5 Å². The Morgan fingerprint density at radius 3 is 2.47 bits per heavy atom. The molecule has 5 nitrogen and oxygen atoms in total. The van der Waals surface area contributed by atoms with E-state index in [9.17, 15) is 13.2 Å². The molecule has 34 heavy (non-hydrogen) atoms. The normalized spacial score (nSPS) is 15.4.